The molecule has 1 unspecified atom stereocenters. The fourth-order valence-electron chi connectivity index (χ4n) is 2.63. The fourth-order valence-corrected chi connectivity index (χ4v) is 2.90. The molecule has 1 aliphatic rings. The van der Waals surface area contributed by atoms with Gasteiger partial charge in [-0.05, 0) is 35.9 Å². The molecule has 1 aromatic heterocycles. The highest BCUT2D eigenvalue weighted by Gasteiger charge is 2.18. The van der Waals surface area contributed by atoms with Crippen LogP contribution < -0.4 is 4.74 Å². The summed E-state index contributed by atoms with van der Waals surface area (Å²) in [5.74, 6) is 0.859. The van der Waals surface area contributed by atoms with Crippen LogP contribution in [0.15, 0.2) is 48.7 Å². The average Bonchev–Trinajstić information content (AvgIpc) is 2.93. The SMILES string of the molecule is Clc1cc2[nH]ccc2cc1-c1ccc(OCC2CCO2)cc1. The van der Waals surface area contributed by atoms with E-state index in [1.165, 1.54) is 0 Å². The van der Waals surface area contributed by atoms with E-state index in [2.05, 4.69) is 11.1 Å². The molecule has 1 saturated heterocycles. The Balaban J connectivity index is 1.56. The minimum absolute atomic E-state index is 0.255. The second-order valence-corrected chi connectivity index (χ2v) is 5.92. The number of hydrogen-bond acceptors (Lipinski definition) is 2. The Bertz CT molecular complexity index is 790. The van der Waals surface area contributed by atoms with E-state index in [9.17, 15) is 0 Å². The van der Waals surface area contributed by atoms with Crippen LogP contribution in [0.1, 0.15) is 6.42 Å². The lowest BCUT2D eigenvalue weighted by atomic mass is 10.0. The number of H-pyrrole nitrogens is 1. The summed E-state index contributed by atoms with van der Waals surface area (Å²) in [6, 6.07) is 14.1. The van der Waals surface area contributed by atoms with Gasteiger partial charge in [0, 0.05) is 35.7 Å². The molecule has 2 heterocycles. The maximum absolute atomic E-state index is 6.40. The summed E-state index contributed by atoms with van der Waals surface area (Å²) in [7, 11) is 0. The number of benzene rings is 2. The number of ether oxygens (including phenoxy) is 2. The van der Waals surface area contributed by atoms with Gasteiger partial charge < -0.3 is 14.5 Å². The summed E-state index contributed by atoms with van der Waals surface area (Å²) in [4.78, 5) is 3.17. The fraction of sp³-hybridized carbons (Fsp3) is 0.222. The number of aromatic nitrogens is 1. The molecule has 4 heteroatoms. The highest BCUT2D eigenvalue weighted by Crippen LogP contribution is 2.32. The van der Waals surface area contributed by atoms with Gasteiger partial charge in [0.15, 0.2) is 0 Å². The second-order valence-electron chi connectivity index (χ2n) is 5.51. The van der Waals surface area contributed by atoms with Crippen molar-refractivity contribution in [3.05, 3.63) is 53.7 Å². The summed E-state index contributed by atoms with van der Waals surface area (Å²) < 4.78 is 11.1. The first-order valence-corrected chi connectivity index (χ1v) is 7.79. The smallest absolute Gasteiger partial charge is 0.119 e. The van der Waals surface area contributed by atoms with Gasteiger partial charge in [-0.15, -0.1) is 0 Å². The lowest BCUT2D eigenvalue weighted by molar-refractivity contribution is -0.0720. The molecule has 2 aromatic carbocycles. The van der Waals surface area contributed by atoms with Crippen molar-refractivity contribution in [2.45, 2.75) is 12.5 Å². The van der Waals surface area contributed by atoms with E-state index in [1.54, 1.807) is 0 Å². The Kier molecular flexibility index (Phi) is 3.53. The Morgan fingerprint density at radius 2 is 2.00 bits per heavy atom. The minimum atomic E-state index is 0.255. The van der Waals surface area contributed by atoms with Crippen LogP contribution in [0, 0.1) is 0 Å². The summed E-state index contributed by atoms with van der Waals surface area (Å²) in [6.07, 6.45) is 3.26. The van der Waals surface area contributed by atoms with E-state index in [0.29, 0.717) is 6.61 Å². The second kappa shape index (κ2) is 5.67. The molecule has 1 aliphatic heterocycles. The van der Waals surface area contributed by atoms with Crippen LogP contribution in [-0.4, -0.2) is 24.3 Å². The molecular weight excluding hydrogens is 298 g/mol. The lowest BCUT2D eigenvalue weighted by Crippen LogP contribution is -2.32. The van der Waals surface area contributed by atoms with Gasteiger partial charge in [-0.1, -0.05) is 23.7 Å². The van der Waals surface area contributed by atoms with E-state index in [-0.39, 0.29) is 6.10 Å². The largest absolute Gasteiger partial charge is 0.491 e. The predicted octanol–water partition coefficient (Wildman–Crippen LogP) is 4.66. The summed E-state index contributed by atoms with van der Waals surface area (Å²) >= 11 is 6.40. The molecule has 1 fully saturated rings. The Morgan fingerprint density at radius 1 is 1.18 bits per heavy atom. The molecule has 3 aromatic rings. The van der Waals surface area contributed by atoms with Crippen LogP contribution in [0.4, 0.5) is 0 Å². The Morgan fingerprint density at radius 3 is 2.73 bits per heavy atom. The molecule has 0 amide bonds. The highest BCUT2D eigenvalue weighted by atomic mass is 35.5. The summed E-state index contributed by atoms with van der Waals surface area (Å²) in [5, 5.41) is 1.90. The standard InChI is InChI=1S/C18H16ClNO2/c19-17-10-18-13(5-7-20-18)9-16(17)12-1-3-14(4-2-12)22-11-15-6-8-21-15/h1-5,7,9-10,15,20H,6,8,11H2. The number of halogens is 1. The zero-order valence-corrected chi connectivity index (χ0v) is 12.8. The topological polar surface area (TPSA) is 34.2 Å². The maximum Gasteiger partial charge on any atom is 0.119 e. The first kappa shape index (κ1) is 13.7. The molecular formula is C18H16ClNO2. The minimum Gasteiger partial charge on any atom is -0.491 e. The molecule has 0 saturated carbocycles. The zero-order chi connectivity index (χ0) is 14.9. The molecule has 112 valence electrons. The van der Waals surface area contributed by atoms with E-state index in [0.717, 1.165) is 45.8 Å². The third-order valence-electron chi connectivity index (χ3n) is 4.04. The third kappa shape index (κ3) is 2.58. The predicted molar refractivity (Wildman–Crippen MR) is 88.6 cm³/mol. The molecule has 22 heavy (non-hydrogen) atoms. The van der Waals surface area contributed by atoms with Crippen molar-refractivity contribution in [2.24, 2.45) is 0 Å². The lowest BCUT2D eigenvalue weighted by Gasteiger charge is -2.26. The average molecular weight is 314 g/mol. The first-order chi connectivity index (χ1) is 10.8. The number of rotatable bonds is 4. The van der Waals surface area contributed by atoms with Gasteiger partial charge in [0.1, 0.15) is 12.4 Å². The van der Waals surface area contributed by atoms with Crippen LogP contribution in [0.25, 0.3) is 22.0 Å². The van der Waals surface area contributed by atoms with Gasteiger partial charge in [0.05, 0.1) is 11.1 Å². The van der Waals surface area contributed by atoms with Gasteiger partial charge in [0.25, 0.3) is 0 Å². The van der Waals surface area contributed by atoms with Crippen LogP contribution >= 0.6 is 11.6 Å². The molecule has 3 nitrogen and oxygen atoms in total. The molecule has 0 aliphatic carbocycles. The van der Waals surface area contributed by atoms with Gasteiger partial charge in [0.2, 0.25) is 0 Å². The zero-order valence-electron chi connectivity index (χ0n) is 12.0. The number of fused-ring (bicyclic) bond motifs is 1. The van der Waals surface area contributed by atoms with Crippen molar-refractivity contribution in [1.29, 1.82) is 0 Å². The van der Waals surface area contributed by atoms with Crippen molar-refractivity contribution >= 4 is 22.5 Å². The van der Waals surface area contributed by atoms with Crippen molar-refractivity contribution in [1.82, 2.24) is 4.98 Å². The molecule has 1 N–H and O–H groups in total. The van der Waals surface area contributed by atoms with Crippen molar-refractivity contribution in [2.75, 3.05) is 13.2 Å². The van der Waals surface area contributed by atoms with Crippen LogP contribution in [0.2, 0.25) is 5.02 Å². The van der Waals surface area contributed by atoms with Crippen molar-refractivity contribution < 1.29 is 9.47 Å². The summed E-state index contributed by atoms with van der Waals surface area (Å²) in [6.45, 7) is 1.47. The van der Waals surface area contributed by atoms with Gasteiger partial charge >= 0.3 is 0 Å². The van der Waals surface area contributed by atoms with Crippen molar-refractivity contribution in [3.8, 4) is 16.9 Å². The number of aromatic amines is 1. The third-order valence-corrected chi connectivity index (χ3v) is 4.35. The normalized spacial score (nSPS) is 17.4. The summed E-state index contributed by atoms with van der Waals surface area (Å²) in [5.41, 5.74) is 3.16. The van der Waals surface area contributed by atoms with E-state index < -0.39 is 0 Å². The van der Waals surface area contributed by atoms with Gasteiger partial charge in [-0.25, -0.2) is 0 Å². The van der Waals surface area contributed by atoms with Gasteiger partial charge in [-0.2, -0.15) is 0 Å². The van der Waals surface area contributed by atoms with Crippen LogP contribution in [0.5, 0.6) is 5.75 Å². The Labute approximate surface area is 133 Å². The Hall–Kier alpha value is -1.97. The van der Waals surface area contributed by atoms with Crippen LogP contribution in [0.3, 0.4) is 0 Å². The first-order valence-electron chi connectivity index (χ1n) is 7.41. The quantitative estimate of drug-likeness (QED) is 0.760. The molecule has 0 bridgehead atoms. The molecule has 4 rings (SSSR count). The monoisotopic (exact) mass is 313 g/mol. The highest BCUT2D eigenvalue weighted by molar-refractivity contribution is 6.34. The molecule has 0 radical (unpaired) electrons. The van der Waals surface area contributed by atoms with Crippen molar-refractivity contribution in [3.63, 3.8) is 0 Å². The maximum atomic E-state index is 6.40. The van der Waals surface area contributed by atoms with E-state index in [1.807, 2.05) is 42.6 Å². The number of hydrogen-bond donors (Lipinski definition) is 1. The number of nitrogens with one attached hydrogen (secondary N) is 1. The van der Waals surface area contributed by atoms with E-state index >= 15 is 0 Å². The molecule has 1 atom stereocenters. The van der Waals surface area contributed by atoms with E-state index in [4.69, 9.17) is 21.1 Å². The van der Waals surface area contributed by atoms with Crippen LogP contribution in [-0.2, 0) is 4.74 Å². The molecule has 0 spiro atoms. The van der Waals surface area contributed by atoms with Gasteiger partial charge in [-0.3, -0.25) is 0 Å².